The third kappa shape index (κ3) is 7.80. The van der Waals surface area contributed by atoms with Crippen molar-refractivity contribution in [1.29, 1.82) is 0 Å². The van der Waals surface area contributed by atoms with E-state index in [1.54, 1.807) is 19.2 Å². The van der Waals surface area contributed by atoms with E-state index in [0.717, 1.165) is 62.4 Å². The molecule has 2 aliphatic heterocycles. The van der Waals surface area contributed by atoms with Crippen LogP contribution in [-0.2, 0) is 27.8 Å². The van der Waals surface area contributed by atoms with E-state index in [4.69, 9.17) is 4.74 Å². The lowest BCUT2D eigenvalue weighted by Crippen LogP contribution is -2.59. The molecule has 3 heterocycles. The molecule has 2 aromatic carbocycles. The van der Waals surface area contributed by atoms with Gasteiger partial charge in [-0.25, -0.2) is 8.78 Å². The van der Waals surface area contributed by atoms with Gasteiger partial charge in [-0.05, 0) is 76.1 Å². The van der Waals surface area contributed by atoms with E-state index in [1.807, 2.05) is 40.8 Å². The first-order valence-corrected chi connectivity index (χ1v) is 18.1. The van der Waals surface area contributed by atoms with Gasteiger partial charge in [-0.2, -0.15) is 0 Å². The summed E-state index contributed by atoms with van der Waals surface area (Å²) in [5.41, 5.74) is 2.75. The number of ether oxygens (including phenoxy) is 1. The van der Waals surface area contributed by atoms with Crippen LogP contribution in [0.25, 0.3) is 10.9 Å². The van der Waals surface area contributed by atoms with E-state index < -0.39 is 5.82 Å². The molecule has 270 valence electrons. The Kier molecular flexibility index (Phi) is 11.3. The highest BCUT2D eigenvalue weighted by molar-refractivity contribution is 6.13. The number of halogens is 2. The molecule has 0 bridgehead atoms. The van der Waals surface area contributed by atoms with Gasteiger partial charge >= 0.3 is 0 Å². The zero-order valence-corrected chi connectivity index (χ0v) is 29.7. The number of carbonyl (C=O) groups is 3. The van der Waals surface area contributed by atoms with Crippen LogP contribution in [0.15, 0.2) is 42.6 Å². The number of aldehydes is 1. The van der Waals surface area contributed by atoms with Crippen LogP contribution in [0.4, 0.5) is 14.5 Å². The number of benzene rings is 2. The van der Waals surface area contributed by atoms with Crippen molar-refractivity contribution in [3.8, 4) is 0 Å². The predicted octanol–water partition coefficient (Wildman–Crippen LogP) is 5.53. The maximum Gasteiger partial charge on any atom is 0.257 e. The van der Waals surface area contributed by atoms with Gasteiger partial charge < -0.3 is 24.3 Å². The van der Waals surface area contributed by atoms with E-state index in [-0.39, 0.29) is 66.7 Å². The normalized spacial score (nSPS) is 26.4. The lowest BCUT2D eigenvalue weighted by Gasteiger charge is -2.46. The minimum atomic E-state index is -0.542. The SMILES string of the molecule is Cc1cc(CC(=O)N2C[C@@H](N3C[C@@H](C)N(CCF)[C@@H](C)C3)C[C@H]2CO[C@H]2CC[C@H](C=O)CC2)c(F)cc1NC(=O)c1cn(C)c2ccccc12. The number of hydrogen-bond acceptors (Lipinski definition) is 6. The first-order valence-electron chi connectivity index (χ1n) is 18.1. The zero-order chi connectivity index (χ0) is 35.5. The second-order valence-electron chi connectivity index (χ2n) is 14.7. The molecule has 11 heteroatoms. The summed E-state index contributed by atoms with van der Waals surface area (Å²) in [5.74, 6) is -0.930. The average molecular weight is 692 g/mol. The number of alkyl halides is 1. The number of rotatable bonds is 11. The molecule has 2 amide bonds. The Hall–Kier alpha value is -3.67. The van der Waals surface area contributed by atoms with Gasteiger partial charge in [0.15, 0.2) is 0 Å². The molecule has 9 nitrogen and oxygen atoms in total. The lowest BCUT2D eigenvalue weighted by atomic mass is 9.88. The van der Waals surface area contributed by atoms with Gasteiger partial charge in [-0.15, -0.1) is 0 Å². The molecule has 50 heavy (non-hydrogen) atoms. The van der Waals surface area contributed by atoms with Crippen molar-refractivity contribution in [3.05, 3.63) is 65.1 Å². The molecule has 1 saturated carbocycles. The Morgan fingerprint density at radius 3 is 2.46 bits per heavy atom. The van der Waals surface area contributed by atoms with Crippen LogP contribution in [0.3, 0.4) is 0 Å². The number of likely N-dealkylation sites (tertiary alicyclic amines) is 1. The number of anilines is 1. The number of amides is 2. The predicted molar refractivity (Wildman–Crippen MR) is 191 cm³/mol. The van der Waals surface area contributed by atoms with Crippen molar-refractivity contribution in [2.24, 2.45) is 13.0 Å². The maximum absolute atomic E-state index is 15.7. The summed E-state index contributed by atoms with van der Waals surface area (Å²) in [4.78, 5) is 45.1. The minimum absolute atomic E-state index is 0.0585. The number of fused-ring (bicyclic) bond motifs is 1. The number of aryl methyl sites for hydroxylation is 2. The molecular weight excluding hydrogens is 640 g/mol. The number of para-hydroxylation sites is 1. The number of piperazine rings is 1. The third-order valence-corrected chi connectivity index (χ3v) is 11.3. The zero-order valence-electron chi connectivity index (χ0n) is 29.7. The van der Waals surface area contributed by atoms with E-state index in [2.05, 4.69) is 29.0 Å². The highest BCUT2D eigenvalue weighted by Gasteiger charge is 2.41. The largest absolute Gasteiger partial charge is 0.376 e. The van der Waals surface area contributed by atoms with Crippen molar-refractivity contribution in [2.75, 3.05) is 44.8 Å². The fraction of sp³-hybridized carbons (Fsp3) is 0.564. The first-order chi connectivity index (χ1) is 24.1. The number of carbonyl (C=O) groups excluding carboxylic acids is 3. The summed E-state index contributed by atoms with van der Waals surface area (Å²) in [5, 5.41) is 3.69. The van der Waals surface area contributed by atoms with Crippen molar-refractivity contribution in [3.63, 3.8) is 0 Å². The minimum Gasteiger partial charge on any atom is -0.376 e. The second kappa shape index (κ2) is 15.7. The maximum atomic E-state index is 15.7. The molecular formula is C39H51F2N5O4. The van der Waals surface area contributed by atoms with Gasteiger partial charge in [0.1, 0.15) is 18.8 Å². The molecule has 0 spiro atoms. The van der Waals surface area contributed by atoms with Crippen molar-refractivity contribution < 1.29 is 27.9 Å². The summed E-state index contributed by atoms with van der Waals surface area (Å²) in [6.07, 6.45) is 6.81. The second-order valence-corrected chi connectivity index (χ2v) is 14.7. The molecule has 6 rings (SSSR count). The molecule has 3 aromatic rings. The van der Waals surface area contributed by atoms with Gasteiger partial charge in [-0.3, -0.25) is 19.4 Å². The van der Waals surface area contributed by atoms with Crippen LogP contribution in [0.5, 0.6) is 0 Å². The van der Waals surface area contributed by atoms with Gasteiger partial charge in [-0.1, -0.05) is 24.3 Å². The van der Waals surface area contributed by atoms with Crippen LogP contribution in [0, 0.1) is 18.7 Å². The monoisotopic (exact) mass is 691 g/mol. The molecule has 0 radical (unpaired) electrons. The van der Waals surface area contributed by atoms with Gasteiger partial charge in [0, 0.05) is 80.1 Å². The van der Waals surface area contributed by atoms with E-state index in [9.17, 15) is 18.8 Å². The Bertz CT molecular complexity index is 1680. The van der Waals surface area contributed by atoms with Gasteiger partial charge in [0.2, 0.25) is 5.91 Å². The summed E-state index contributed by atoms with van der Waals surface area (Å²) < 4.78 is 37.2. The Morgan fingerprint density at radius 1 is 1.04 bits per heavy atom. The summed E-state index contributed by atoms with van der Waals surface area (Å²) in [6.45, 7) is 8.61. The van der Waals surface area contributed by atoms with E-state index in [1.165, 1.54) is 6.07 Å². The van der Waals surface area contributed by atoms with E-state index >= 15 is 4.39 Å². The summed E-state index contributed by atoms with van der Waals surface area (Å²) >= 11 is 0. The fourth-order valence-corrected chi connectivity index (χ4v) is 8.48. The first kappa shape index (κ1) is 36.1. The molecule has 2 saturated heterocycles. The standard InChI is InChI=1S/C39H51F2N5O4/c1-25-15-29(35(41)18-36(25)42-39(49)34-22-43(4)37-8-6-5-7-33(34)37)16-38(48)46-21-30(44-19-26(2)45(14-13-40)27(3)20-44)17-31(46)24-50-32-11-9-28(23-47)10-12-32/h5-8,15,18,22-23,26-28,30-32H,9-14,16-17,19-21,24H2,1-4H3,(H,42,49)/t26-,27+,28-,30-,31-,32-/m0/s1. The summed E-state index contributed by atoms with van der Waals surface area (Å²) in [6, 6.07) is 10.9. The van der Waals surface area contributed by atoms with Crippen LogP contribution < -0.4 is 5.32 Å². The molecule has 4 atom stereocenters. The summed E-state index contributed by atoms with van der Waals surface area (Å²) in [7, 11) is 1.88. The van der Waals surface area contributed by atoms with Crippen molar-refractivity contribution in [1.82, 2.24) is 19.3 Å². The lowest BCUT2D eigenvalue weighted by molar-refractivity contribution is -0.133. The number of nitrogens with zero attached hydrogens (tertiary/aromatic N) is 4. The number of aromatic nitrogens is 1. The molecule has 3 aliphatic rings. The van der Waals surface area contributed by atoms with Crippen LogP contribution in [0.1, 0.15) is 67.4 Å². The highest BCUT2D eigenvalue weighted by atomic mass is 19.1. The molecule has 3 fully saturated rings. The molecule has 1 aromatic heterocycles. The number of hydrogen-bond donors (Lipinski definition) is 1. The van der Waals surface area contributed by atoms with Crippen LogP contribution in [-0.4, -0.2) is 107 Å². The third-order valence-electron chi connectivity index (χ3n) is 11.3. The topological polar surface area (TPSA) is 87.1 Å². The Balaban J connectivity index is 1.15. The number of nitrogens with one attached hydrogen (secondary N) is 1. The highest BCUT2D eigenvalue weighted by Crippen LogP contribution is 2.31. The van der Waals surface area contributed by atoms with Crippen molar-refractivity contribution >= 4 is 34.7 Å². The Morgan fingerprint density at radius 2 is 1.76 bits per heavy atom. The van der Waals surface area contributed by atoms with Crippen LogP contribution >= 0.6 is 0 Å². The molecule has 1 N–H and O–H groups in total. The molecule has 1 aliphatic carbocycles. The Labute approximate surface area is 293 Å². The van der Waals surface area contributed by atoms with Crippen LogP contribution in [0.2, 0.25) is 0 Å². The van der Waals surface area contributed by atoms with Crippen molar-refractivity contribution in [2.45, 2.75) is 89.6 Å². The smallest absolute Gasteiger partial charge is 0.257 e. The van der Waals surface area contributed by atoms with Gasteiger partial charge in [0.25, 0.3) is 5.91 Å². The van der Waals surface area contributed by atoms with E-state index in [0.29, 0.717) is 36.5 Å². The quantitative estimate of drug-likeness (QED) is 0.267. The molecule has 0 unspecified atom stereocenters. The van der Waals surface area contributed by atoms with Gasteiger partial charge in [0.05, 0.1) is 30.7 Å². The average Bonchev–Trinajstić information content (AvgIpc) is 3.69. The fourth-order valence-electron chi connectivity index (χ4n) is 8.48.